The summed E-state index contributed by atoms with van der Waals surface area (Å²) >= 11 is 5.05. The fourth-order valence-electron chi connectivity index (χ4n) is 1.99. The van der Waals surface area contributed by atoms with E-state index in [-0.39, 0.29) is 5.91 Å². The Morgan fingerprint density at radius 3 is 2.65 bits per heavy atom. The molecule has 0 saturated heterocycles. The predicted octanol–water partition coefficient (Wildman–Crippen LogP) is 4.20. The molecule has 2 aromatic rings. The second kappa shape index (κ2) is 8.17. The Kier molecular flexibility index (Phi) is 6.24. The van der Waals surface area contributed by atoms with Crippen LogP contribution in [0.3, 0.4) is 0 Å². The highest BCUT2D eigenvalue weighted by atomic mass is 79.9. The minimum absolute atomic E-state index is 0.0626. The highest BCUT2D eigenvalue weighted by Crippen LogP contribution is 2.26. The van der Waals surface area contributed by atoms with E-state index in [0.29, 0.717) is 18.0 Å². The van der Waals surface area contributed by atoms with Gasteiger partial charge in [0.1, 0.15) is 11.5 Å². The lowest BCUT2D eigenvalue weighted by Crippen LogP contribution is -2.23. The molecule has 1 heterocycles. The lowest BCUT2D eigenvalue weighted by atomic mass is 10.1. The van der Waals surface area contributed by atoms with Crippen LogP contribution in [0.15, 0.2) is 40.2 Å². The van der Waals surface area contributed by atoms with Gasteiger partial charge in [-0.1, -0.05) is 0 Å². The average Bonchev–Trinajstić information content (AvgIpc) is 2.97. The fourth-order valence-corrected chi connectivity index (χ4v) is 3.53. The van der Waals surface area contributed by atoms with E-state index in [4.69, 9.17) is 9.47 Å². The monoisotopic (exact) mass is 395 g/mol. The van der Waals surface area contributed by atoms with Gasteiger partial charge in [-0.05, 0) is 46.3 Å². The van der Waals surface area contributed by atoms with Gasteiger partial charge in [0.25, 0.3) is 0 Å². The van der Waals surface area contributed by atoms with Gasteiger partial charge < -0.3 is 14.4 Å². The number of hydrogen-bond acceptors (Lipinski definition) is 4. The molecule has 23 heavy (non-hydrogen) atoms. The number of benzene rings is 1. The SMILES string of the molecule is COc1ccc(/C=C/C(=O)N(C)Cc2ccc(Br)s2)c(OC)c1. The fraction of sp³-hybridized carbons (Fsp3) is 0.235. The van der Waals surface area contributed by atoms with Crippen LogP contribution in [0.1, 0.15) is 10.4 Å². The maximum atomic E-state index is 12.2. The molecule has 1 aromatic carbocycles. The minimum Gasteiger partial charge on any atom is -0.497 e. The summed E-state index contributed by atoms with van der Waals surface area (Å²) < 4.78 is 11.5. The molecule has 0 N–H and O–H groups in total. The van der Waals surface area contributed by atoms with Crippen molar-refractivity contribution in [1.29, 1.82) is 0 Å². The van der Waals surface area contributed by atoms with Gasteiger partial charge in [-0.15, -0.1) is 11.3 Å². The molecule has 0 fully saturated rings. The van der Waals surface area contributed by atoms with Crippen molar-refractivity contribution in [2.24, 2.45) is 0 Å². The smallest absolute Gasteiger partial charge is 0.246 e. The van der Waals surface area contributed by atoms with Crippen molar-refractivity contribution in [2.45, 2.75) is 6.54 Å². The molecule has 0 aliphatic carbocycles. The van der Waals surface area contributed by atoms with E-state index in [1.807, 2.05) is 24.3 Å². The third kappa shape index (κ3) is 4.84. The first-order chi connectivity index (χ1) is 11.0. The van der Waals surface area contributed by atoms with Crippen LogP contribution in [0, 0.1) is 0 Å². The molecule has 0 spiro atoms. The van der Waals surface area contributed by atoms with E-state index in [0.717, 1.165) is 14.2 Å². The van der Waals surface area contributed by atoms with Crippen LogP contribution in [0.4, 0.5) is 0 Å². The van der Waals surface area contributed by atoms with E-state index >= 15 is 0 Å². The third-order valence-electron chi connectivity index (χ3n) is 3.24. The summed E-state index contributed by atoms with van der Waals surface area (Å²) in [7, 11) is 4.98. The van der Waals surface area contributed by atoms with E-state index in [2.05, 4.69) is 15.9 Å². The Bertz CT molecular complexity index is 712. The number of hydrogen-bond donors (Lipinski definition) is 0. The molecule has 6 heteroatoms. The van der Waals surface area contributed by atoms with Gasteiger partial charge in [0.2, 0.25) is 5.91 Å². The molecular formula is C17H18BrNO3S. The molecule has 0 bridgehead atoms. The van der Waals surface area contributed by atoms with Crippen molar-refractivity contribution in [3.8, 4) is 11.5 Å². The summed E-state index contributed by atoms with van der Waals surface area (Å²) in [4.78, 5) is 15.0. The lowest BCUT2D eigenvalue weighted by molar-refractivity contribution is -0.125. The van der Waals surface area contributed by atoms with Crippen LogP contribution in [0.25, 0.3) is 6.08 Å². The molecule has 0 radical (unpaired) electrons. The molecular weight excluding hydrogens is 378 g/mol. The average molecular weight is 396 g/mol. The van der Waals surface area contributed by atoms with Crippen LogP contribution in [0.5, 0.6) is 11.5 Å². The standard InChI is InChI=1S/C17H18BrNO3S/c1-19(11-14-7-8-16(18)23-14)17(20)9-5-12-4-6-13(21-2)10-15(12)22-3/h4-10H,11H2,1-3H3/b9-5+. The number of rotatable bonds is 6. The van der Waals surface area contributed by atoms with E-state index < -0.39 is 0 Å². The topological polar surface area (TPSA) is 38.8 Å². The van der Waals surface area contributed by atoms with Crippen LogP contribution < -0.4 is 9.47 Å². The summed E-state index contributed by atoms with van der Waals surface area (Å²) in [6.45, 7) is 0.583. The number of thiophene rings is 1. The Hall–Kier alpha value is -1.79. The van der Waals surface area contributed by atoms with E-state index in [9.17, 15) is 4.79 Å². The van der Waals surface area contributed by atoms with Crippen molar-refractivity contribution in [2.75, 3.05) is 21.3 Å². The minimum atomic E-state index is -0.0626. The highest BCUT2D eigenvalue weighted by molar-refractivity contribution is 9.11. The highest BCUT2D eigenvalue weighted by Gasteiger charge is 2.08. The van der Waals surface area contributed by atoms with Crippen LogP contribution in [-0.2, 0) is 11.3 Å². The van der Waals surface area contributed by atoms with E-state index in [1.165, 1.54) is 0 Å². The number of carbonyl (C=O) groups is 1. The van der Waals surface area contributed by atoms with Gasteiger partial charge in [0.15, 0.2) is 0 Å². The molecule has 2 rings (SSSR count). The Labute approximate surface area is 148 Å². The van der Waals surface area contributed by atoms with Crippen LogP contribution in [-0.4, -0.2) is 32.1 Å². The Morgan fingerprint density at radius 1 is 1.26 bits per heavy atom. The van der Waals surface area contributed by atoms with Crippen molar-refractivity contribution in [3.05, 3.63) is 50.6 Å². The number of carbonyl (C=O) groups excluding carboxylic acids is 1. The van der Waals surface area contributed by atoms with Gasteiger partial charge in [-0.3, -0.25) is 4.79 Å². The van der Waals surface area contributed by atoms with Crippen molar-refractivity contribution in [1.82, 2.24) is 4.90 Å². The van der Waals surface area contributed by atoms with Crippen LogP contribution in [0.2, 0.25) is 0 Å². The summed E-state index contributed by atoms with van der Waals surface area (Å²) in [6, 6.07) is 9.47. The first-order valence-corrected chi connectivity index (χ1v) is 8.54. The summed E-state index contributed by atoms with van der Waals surface area (Å²) in [6.07, 6.45) is 3.30. The number of ether oxygens (including phenoxy) is 2. The zero-order valence-corrected chi connectivity index (χ0v) is 15.6. The zero-order valence-electron chi connectivity index (χ0n) is 13.2. The quantitative estimate of drug-likeness (QED) is 0.687. The molecule has 4 nitrogen and oxygen atoms in total. The maximum Gasteiger partial charge on any atom is 0.246 e. The number of halogens is 1. The molecule has 0 aliphatic rings. The first-order valence-electron chi connectivity index (χ1n) is 6.93. The molecule has 1 amide bonds. The normalized spacial score (nSPS) is 10.8. The largest absolute Gasteiger partial charge is 0.497 e. The summed E-state index contributed by atoms with van der Waals surface area (Å²) in [5.41, 5.74) is 0.828. The Morgan fingerprint density at radius 2 is 2.04 bits per heavy atom. The molecule has 0 atom stereocenters. The number of methoxy groups -OCH3 is 2. The predicted molar refractivity (Wildman–Crippen MR) is 97.1 cm³/mol. The van der Waals surface area contributed by atoms with Crippen LogP contribution >= 0.6 is 27.3 Å². The zero-order chi connectivity index (χ0) is 16.8. The van der Waals surface area contributed by atoms with Gasteiger partial charge >= 0.3 is 0 Å². The van der Waals surface area contributed by atoms with Gasteiger partial charge in [-0.25, -0.2) is 0 Å². The number of likely N-dealkylation sites (N-methyl/N-ethyl adjacent to an activating group) is 1. The van der Waals surface area contributed by atoms with Crippen molar-refractivity contribution in [3.63, 3.8) is 0 Å². The molecule has 0 aliphatic heterocycles. The van der Waals surface area contributed by atoms with Crippen molar-refractivity contribution < 1.29 is 14.3 Å². The second-order valence-corrected chi connectivity index (χ2v) is 7.39. The summed E-state index contributed by atoms with van der Waals surface area (Å²) in [5.74, 6) is 1.32. The lowest BCUT2D eigenvalue weighted by Gasteiger charge is -2.13. The summed E-state index contributed by atoms with van der Waals surface area (Å²) in [5, 5.41) is 0. The van der Waals surface area contributed by atoms with Gasteiger partial charge in [-0.2, -0.15) is 0 Å². The molecule has 0 unspecified atom stereocenters. The third-order valence-corrected chi connectivity index (χ3v) is 4.85. The van der Waals surface area contributed by atoms with Gasteiger partial charge in [0, 0.05) is 29.6 Å². The molecule has 1 aromatic heterocycles. The Balaban J connectivity index is 2.05. The van der Waals surface area contributed by atoms with Gasteiger partial charge in [0.05, 0.1) is 24.6 Å². The molecule has 122 valence electrons. The number of amides is 1. The van der Waals surface area contributed by atoms with Crippen molar-refractivity contribution >= 4 is 39.2 Å². The maximum absolute atomic E-state index is 12.2. The number of nitrogens with zero attached hydrogens (tertiary/aromatic N) is 1. The van der Waals surface area contributed by atoms with E-state index in [1.54, 1.807) is 55.7 Å². The second-order valence-electron chi connectivity index (χ2n) is 4.84. The first kappa shape index (κ1) is 17.6. The molecule has 0 saturated carbocycles.